The lowest BCUT2D eigenvalue weighted by Gasteiger charge is -2.28. The standard InChI is InChI=1S/C9H19O4P/c1-7(10)12-9(5,6)13-14(11)8(2,3)4/h14H,1-6H3. The van der Waals surface area contributed by atoms with Crippen LogP contribution in [-0.2, 0) is 18.6 Å². The summed E-state index contributed by atoms with van der Waals surface area (Å²) in [6, 6.07) is 0. The van der Waals surface area contributed by atoms with E-state index in [2.05, 4.69) is 0 Å². The Bertz CT molecular complexity index is 240. The Morgan fingerprint density at radius 3 is 1.86 bits per heavy atom. The number of rotatable bonds is 3. The van der Waals surface area contributed by atoms with Crippen molar-refractivity contribution in [2.24, 2.45) is 0 Å². The summed E-state index contributed by atoms with van der Waals surface area (Å²) >= 11 is 0. The molecule has 0 radical (unpaired) electrons. The lowest BCUT2D eigenvalue weighted by atomic mass is 10.3. The summed E-state index contributed by atoms with van der Waals surface area (Å²) < 4.78 is 21.7. The molecular weight excluding hydrogens is 203 g/mol. The van der Waals surface area contributed by atoms with Gasteiger partial charge in [0.25, 0.3) is 0 Å². The van der Waals surface area contributed by atoms with Crippen LogP contribution in [0, 0.1) is 0 Å². The van der Waals surface area contributed by atoms with Crippen LogP contribution in [0.2, 0.25) is 0 Å². The fourth-order valence-corrected chi connectivity index (χ4v) is 1.54. The zero-order valence-electron chi connectivity index (χ0n) is 9.63. The first kappa shape index (κ1) is 13.7. The van der Waals surface area contributed by atoms with E-state index in [0.29, 0.717) is 0 Å². The van der Waals surface area contributed by atoms with Crippen LogP contribution in [0.5, 0.6) is 0 Å². The summed E-state index contributed by atoms with van der Waals surface area (Å²) in [5.74, 6) is -1.56. The van der Waals surface area contributed by atoms with Gasteiger partial charge in [-0.1, -0.05) is 20.8 Å². The van der Waals surface area contributed by atoms with E-state index in [9.17, 15) is 9.36 Å². The summed E-state index contributed by atoms with van der Waals surface area (Å²) in [5, 5.41) is -0.415. The number of carbonyl (C=O) groups is 1. The Morgan fingerprint density at radius 1 is 1.14 bits per heavy atom. The van der Waals surface area contributed by atoms with Crippen molar-refractivity contribution in [3.8, 4) is 0 Å². The van der Waals surface area contributed by atoms with Crippen molar-refractivity contribution in [3.63, 3.8) is 0 Å². The summed E-state index contributed by atoms with van der Waals surface area (Å²) in [6.07, 6.45) is 0. The minimum absolute atomic E-state index is 0.415. The van der Waals surface area contributed by atoms with Crippen LogP contribution in [0.25, 0.3) is 0 Å². The molecule has 0 saturated heterocycles. The average Bonchev–Trinajstić information content (AvgIpc) is 1.79. The Balaban J connectivity index is 4.37. The highest BCUT2D eigenvalue weighted by Gasteiger charge is 2.30. The van der Waals surface area contributed by atoms with E-state index in [1.165, 1.54) is 6.92 Å². The van der Waals surface area contributed by atoms with Gasteiger partial charge >= 0.3 is 5.97 Å². The van der Waals surface area contributed by atoms with E-state index >= 15 is 0 Å². The highest BCUT2D eigenvalue weighted by molar-refractivity contribution is 7.41. The molecule has 84 valence electrons. The molecule has 0 aliphatic heterocycles. The van der Waals surface area contributed by atoms with E-state index in [4.69, 9.17) is 9.26 Å². The molecule has 0 aliphatic rings. The van der Waals surface area contributed by atoms with E-state index in [0.717, 1.165) is 0 Å². The highest BCUT2D eigenvalue weighted by Crippen LogP contribution is 2.42. The van der Waals surface area contributed by atoms with Crippen molar-refractivity contribution in [2.75, 3.05) is 0 Å². The molecule has 0 amide bonds. The minimum Gasteiger partial charge on any atom is -0.433 e. The second kappa shape index (κ2) is 4.45. The van der Waals surface area contributed by atoms with Gasteiger partial charge in [0.1, 0.15) is 0 Å². The monoisotopic (exact) mass is 222 g/mol. The first-order valence-electron chi connectivity index (χ1n) is 4.47. The van der Waals surface area contributed by atoms with Gasteiger partial charge in [-0.05, 0) is 0 Å². The summed E-state index contributed by atoms with van der Waals surface area (Å²) in [5.41, 5.74) is 0. The van der Waals surface area contributed by atoms with Gasteiger partial charge in [0.15, 0.2) is 8.03 Å². The Labute approximate surface area is 85.8 Å². The fourth-order valence-electron chi connectivity index (χ4n) is 0.743. The largest absolute Gasteiger partial charge is 0.433 e. The SMILES string of the molecule is CC(=O)OC(C)(C)O[PH](=O)C(C)(C)C. The van der Waals surface area contributed by atoms with Crippen molar-refractivity contribution >= 4 is 14.0 Å². The fraction of sp³-hybridized carbons (Fsp3) is 0.889. The molecule has 1 atom stereocenters. The predicted octanol–water partition coefficient (Wildman–Crippen LogP) is 2.58. The van der Waals surface area contributed by atoms with Gasteiger partial charge in [-0.2, -0.15) is 0 Å². The lowest BCUT2D eigenvalue weighted by molar-refractivity contribution is -0.182. The number of hydrogen-bond acceptors (Lipinski definition) is 4. The van der Waals surface area contributed by atoms with Gasteiger partial charge in [0.2, 0.25) is 5.79 Å². The van der Waals surface area contributed by atoms with Crippen LogP contribution in [-0.4, -0.2) is 16.9 Å². The van der Waals surface area contributed by atoms with Gasteiger partial charge in [0, 0.05) is 25.9 Å². The summed E-state index contributed by atoms with van der Waals surface area (Å²) in [4.78, 5) is 10.7. The molecule has 4 nitrogen and oxygen atoms in total. The minimum atomic E-state index is -2.23. The maximum absolute atomic E-state index is 11.6. The molecule has 0 aromatic heterocycles. The zero-order valence-corrected chi connectivity index (χ0v) is 10.6. The molecule has 1 unspecified atom stereocenters. The van der Waals surface area contributed by atoms with E-state index in [1.807, 2.05) is 20.8 Å². The van der Waals surface area contributed by atoms with Gasteiger partial charge in [-0.15, -0.1) is 0 Å². The molecule has 0 aromatic rings. The van der Waals surface area contributed by atoms with Crippen molar-refractivity contribution in [2.45, 2.75) is 52.5 Å². The third-order valence-corrected chi connectivity index (χ3v) is 3.24. The van der Waals surface area contributed by atoms with Crippen molar-refractivity contribution in [1.82, 2.24) is 0 Å². The first-order chi connectivity index (χ1) is 6.04. The van der Waals surface area contributed by atoms with Crippen molar-refractivity contribution < 1.29 is 18.6 Å². The number of esters is 1. The van der Waals surface area contributed by atoms with Gasteiger partial charge in [0.05, 0.1) is 0 Å². The lowest BCUT2D eigenvalue weighted by Crippen LogP contribution is -2.29. The van der Waals surface area contributed by atoms with Crippen LogP contribution in [0.4, 0.5) is 0 Å². The third kappa shape index (κ3) is 5.40. The highest BCUT2D eigenvalue weighted by atomic mass is 31.1. The molecule has 0 fully saturated rings. The molecule has 0 aliphatic carbocycles. The van der Waals surface area contributed by atoms with Crippen molar-refractivity contribution in [1.29, 1.82) is 0 Å². The van der Waals surface area contributed by atoms with Crippen LogP contribution in [0.15, 0.2) is 0 Å². The maximum atomic E-state index is 11.6. The van der Waals surface area contributed by atoms with E-state index in [-0.39, 0.29) is 0 Å². The topological polar surface area (TPSA) is 52.6 Å². The van der Waals surface area contributed by atoms with Gasteiger partial charge < -0.3 is 4.74 Å². The molecule has 0 bridgehead atoms. The normalized spacial score (nSPS) is 15.0. The molecule has 0 N–H and O–H groups in total. The zero-order chi connectivity index (χ0) is 11.6. The molecule has 0 rings (SSSR count). The number of carbonyl (C=O) groups excluding carboxylic acids is 1. The van der Waals surface area contributed by atoms with Crippen LogP contribution < -0.4 is 0 Å². The molecular formula is C9H19O4P. The third-order valence-electron chi connectivity index (χ3n) is 1.34. The second-order valence-corrected chi connectivity index (χ2v) is 6.91. The molecule has 0 heterocycles. The quantitative estimate of drug-likeness (QED) is 0.418. The van der Waals surface area contributed by atoms with Crippen LogP contribution in [0.3, 0.4) is 0 Å². The molecule has 0 spiro atoms. The molecule has 0 saturated carbocycles. The average molecular weight is 222 g/mol. The van der Waals surface area contributed by atoms with Gasteiger partial charge in [-0.3, -0.25) is 13.9 Å². The Morgan fingerprint density at radius 2 is 1.57 bits per heavy atom. The Kier molecular flexibility index (Phi) is 4.34. The van der Waals surface area contributed by atoms with Crippen LogP contribution >= 0.6 is 8.03 Å². The molecule has 0 aromatic carbocycles. The summed E-state index contributed by atoms with van der Waals surface area (Å²) in [7, 11) is -2.23. The van der Waals surface area contributed by atoms with Crippen LogP contribution in [0.1, 0.15) is 41.5 Å². The summed E-state index contributed by atoms with van der Waals surface area (Å²) in [6.45, 7) is 9.89. The molecule has 5 heteroatoms. The first-order valence-corrected chi connectivity index (χ1v) is 5.79. The van der Waals surface area contributed by atoms with E-state index in [1.54, 1.807) is 13.8 Å². The number of ether oxygens (including phenoxy) is 1. The molecule has 14 heavy (non-hydrogen) atoms. The van der Waals surface area contributed by atoms with Crippen molar-refractivity contribution in [3.05, 3.63) is 0 Å². The smallest absolute Gasteiger partial charge is 0.305 e. The Hall–Kier alpha value is -0.340. The predicted molar refractivity (Wildman–Crippen MR) is 55.7 cm³/mol. The second-order valence-electron chi connectivity index (χ2n) is 4.63. The van der Waals surface area contributed by atoms with E-state index < -0.39 is 24.9 Å². The van der Waals surface area contributed by atoms with Gasteiger partial charge in [-0.25, -0.2) is 0 Å². The number of hydrogen-bond donors (Lipinski definition) is 0. The maximum Gasteiger partial charge on any atom is 0.305 e.